The molecule has 1 fully saturated rings. The molecule has 1 atom stereocenters. The van der Waals surface area contributed by atoms with Gasteiger partial charge in [-0.25, -0.2) is 0 Å². The molecule has 0 radical (unpaired) electrons. The van der Waals surface area contributed by atoms with Crippen molar-refractivity contribution in [2.75, 3.05) is 20.1 Å². The van der Waals surface area contributed by atoms with Gasteiger partial charge in [-0.05, 0) is 63.4 Å². The fraction of sp³-hybridized carbons (Fsp3) is 0.632. The molecule has 1 unspecified atom stereocenters. The molecule has 0 saturated heterocycles. The Morgan fingerprint density at radius 2 is 1.92 bits per heavy atom. The number of aliphatic carboxylic acids is 1. The smallest absolute Gasteiger partial charge is 0.306 e. The Kier molecular flexibility index (Phi) is 7.53. The Hall–Kier alpha value is -1.10. The summed E-state index contributed by atoms with van der Waals surface area (Å²) in [6.07, 6.45) is 4.57. The number of halogens is 1. The summed E-state index contributed by atoms with van der Waals surface area (Å²) >= 11 is 6.02. The van der Waals surface area contributed by atoms with Crippen LogP contribution in [0.25, 0.3) is 0 Å². The summed E-state index contributed by atoms with van der Waals surface area (Å²) in [5.74, 6) is -0.798. The van der Waals surface area contributed by atoms with Crippen molar-refractivity contribution in [3.63, 3.8) is 0 Å². The number of carboxylic acids is 1. The lowest BCUT2D eigenvalue weighted by Crippen LogP contribution is -2.40. The summed E-state index contributed by atoms with van der Waals surface area (Å²) in [6, 6.07) is 8.82. The zero-order chi connectivity index (χ0) is 17.5. The molecule has 2 N–H and O–H groups in total. The van der Waals surface area contributed by atoms with Crippen molar-refractivity contribution in [1.82, 2.24) is 10.2 Å². The number of hydrogen-bond donors (Lipinski definition) is 2. The molecular weight excluding hydrogens is 324 g/mol. The van der Waals surface area contributed by atoms with Crippen LogP contribution >= 0.6 is 11.6 Å². The lowest BCUT2D eigenvalue weighted by Gasteiger charge is -2.32. The lowest BCUT2D eigenvalue weighted by atomic mass is 9.86. The zero-order valence-electron chi connectivity index (χ0n) is 14.7. The summed E-state index contributed by atoms with van der Waals surface area (Å²) in [6.45, 7) is 4.11. The van der Waals surface area contributed by atoms with Crippen molar-refractivity contribution in [3.05, 3.63) is 34.9 Å². The van der Waals surface area contributed by atoms with Crippen molar-refractivity contribution in [2.45, 2.75) is 51.1 Å². The first-order valence-corrected chi connectivity index (χ1v) is 9.31. The van der Waals surface area contributed by atoms with Crippen molar-refractivity contribution < 1.29 is 9.90 Å². The van der Waals surface area contributed by atoms with Crippen LogP contribution in [0.1, 0.15) is 50.6 Å². The van der Waals surface area contributed by atoms with Crippen molar-refractivity contribution in [2.24, 2.45) is 5.92 Å². The third kappa shape index (κ3) is 5.47. The minimum Gasteiger partial charge on any atom is -0.481 e. The number of nitrogens with one attached hydrogen (secondary N) is 1. The first kappa shape index (κ1) is 19.2. The van der Waals surface area contributed by atoms with Gasteiger partial charge in [0.05, 0.1) is 5.92 Å². The van der Waals surface area contributed by atoms with Crippen LogP contribution in [-0.4, -0.2) is 42.2 Å². The molecule has 0 spiro atoms. The highest BCUT2D eigenvalue weighted by molar-refractivity contribution is 6.30. The van der Waals surface area contributed by atoms with Gasteiger partial charge in [-0.1, -0.05) is 30.7 Å². The highest BCUT2D eigenvalue weighted by Gasteiger charge is 2.26. The van der Waals surface area contributed by atoms with E-state index >= 15 is 0 Å². The standard InChI is InChI=1S/C19H29ClN2O2/c1-3-12-22(2)18(14-4-8-16(20)9-5-14)13-21-17-10-6-15(7-11-17)19(23)24/h4-5,8-9,15,17-18,21H,3,6-7,10-13H2,1-2H3,(H,23,24). The zero-order valence-corrected chi connectivity index (χ0v) is 15.4. The van der Waals surface area contributed by atoms with Gasteiger partial charge < -0.3 is 10.4 Å². The molecule has 1 aliphatic carbocycles. The van der Waals surface area contributed by atoms with Crippen LogP contribution < -0.4 is 5.32 Å². The largest absolute Gasteiger partial charge is 0.481 e. The van der Waals surface area contributed by atoms with Gasteiger partial charge in [0.2, 0.25) is 0 Å². The molecule has 134 valence electrons. The number of carboxylic acid groups (broad SMARTS) is 1. The SMILES string of the molecule is CCCN(C)C(CNC1CCC(C(=O)O)CC1)c1ccc(Cl)cc1. The van der Waals surface area contributed by atoms with Gasteiger partial charge in [-0.3, -0.25) is 9.69 Å². The second-order valence-electron chi connectivity index (χ2n) is 6.84. The molecule has 0 bridgehead atoms. The Balaban J connectivity index is 1.94. The summed E-state index contributed by atoms with van der Waals surface area (Å²) in [4.78, 5) is 13.4. The van der Waals surface area contributed by atoms with Crippen molar-refractivity contribution >= 4 is 17.6 Å². The monoisotopic (exact) mass is 352 g/mol. The van der Waals surface area contributed by atoms with Gasteiger partial charge in [-0.2, -0.15) is 0 Å². The molecule has 4 nitrogen and oxygen atoms in total. The molecule has 24 heavy (non-hydrogen) atoms. The molecule has 1 aromatic carbocycles. The van der Waals surface area contributed by atoms with Crippen LogP contribution in [0.4, 0.5) is 0 Å². The number of hydrogen-bond acceptors (Lipinski definition) is 3. The molecule has 0 aromatic heterocycles. The number of nitrogens with zero attached hydrogens (tertiary/aromatic N) is 1. The number of benzene rings is 1. The van der Waals surface area contributed by atoms with Crippen LogP contribution in [0.2, 0.25) is 5.02 Å². The van der Waals surface area contributed by atoms with E-state index in [1.165, 1.54) is 5.56 Å². The van der Waals surface area contributed by atoms with E-state index in [4.69, 9.17) is 16.7 Å². The van der Waals surface area contributed by atoms with E-state index in [1.54, 1.807) is 0 Å². The predicted molar refractivity (Wildman–Crippen MR) is 98.5 cm³/mol. The first-order chi connectivity index (χ1) is 11.5. The van der Waals surface area contributed by atoms with E-state index in [0.29, 0.717) is 12.1 Å². The first-order valence-electron chi connectivity index (χ1n) is 8.93. The van der Waals surface area contributed by atoms with E-state index in [-0.39, 0.29) is 5.92 Å². The van der Waals surface area contributed by atoms with Crippen LogP contribution in [-0.2, 0) is 4.79 Å². The maximum absolute atomic E-state index is 11.1. The summed E-state index contributed by atoms with van der Waals surface area (Å²) < 4.78 is 0. The topological polar surface area (TPSA) is 52.6 Å². The normalized spacial score (nSPS) is 22.5. The Bertz CT molecular complexity index is 513. The molecular formula is C19H29ClN2O2. The van der Waals surface area contributed by atoms with Crippen LogP contribution in [0, 0.1) is 5.92 Å². The summed E-state index contributed by atoms with van der Waals surface area (Å²) in [5.41, 5.74) is 1.27. The van der Waals surface area contributed by atoms with Gasteiger partial charge >= 0.3 is 5.97 Å². The van der Waals surface area contributed by atoms with E-state index in [1.807, 2.05) is 12.1 Å². The van der Waals surface area contributed by atoms with Gasteiger partial charge in [0.15, 0.2) is 0 Å². The third-order valence-electron chi connectivity index (χ3n) is 5.04. The maximum atomic E-state index is 11.1. The Labute approximate surface area is 150 Å². The second kappa shape index (κ2) is 9.40. The molecule has 1 aliphatic rings. The Morgan fingerprint density at radius 3 is 2.46 bits per heavy atom. The van der Waals surface area contributed by atoms with Gasteiger partial charge in [0.1, 0.15) is 0 Å². The van der Waals surface area contributed by atoms with E-state index in [0.717, 1.165) is 50.2 Å². The highest BCUT2D eigenvalue weighted by atomic mass is 35.5. The molecule has 1 saturated carbocycles. The molecule has 0 amide bonds. The lowest BCUT2D eigenvalue weighted by molar-refractivity contribution is -0.142. The number of rotatable bonds is 8. The van der Waals surface area contributed by atoms with E-state index in [9.17, 15) is 4.79 Å². The van der Waals surface area contributed by atoms with E-state index in [2.05, 4.69) is 36.3 Å². The average molecular weight is 353 g/mol. The second-order valence-corrected chi connectivity index (χ2v) is 7.28. The Morgan fingerprint density at radius 1 is 1.29 bits per heavy atom. The average Bonchev–Trinajstić information content (AvgIpc) is 2.57. The quantitative estimate of drug-likeness (QED) is 0.743. The van der Waals surface area contributed by atoms with Gasteiger partial charge in [0.25, 0.3) is 0 Å². The molecule has 1 aromatic rings. The van der Waals surface area contributed by atoms with Crippen LogP contribution in [0.3, 0.4) is 0 Å². The third-order valence-corrected chi connectivity index (χ3v) is 5.29. The summed E-state index contributed by atoms with van der Waals surface area (Å²) in [7, 11) is 2.16. The van der Waals surface area contributed by atoms with Crippen LogP contribution in [0.15, 0.2) is 24.3 Å². The number of likely N-dealkylation sites (N-methyl/N-ethyl adjacent to an activating group) is 1. The van der Waals surface area contributed by atoms with E-state index < -0.39 is 5.97 Å². The fourth-order valence-corrected chi connectivity index (χ4v) is 3.67. The predicted octanol–water partition coefficient (Wildman–Crippen LogP) is 3.96. The van der Waals surface area contributed by atoms with Gasteiger partial charge in [0, 0.05) is 23.7 Å². The summed E-state index contributed by atoms with van der Waals surface area (Å²) in [5, 5.41) is 13.5. The van der Waals surface area contributed by atoms with Crippen molar-refractivity contribution in [1.29, 1.82) is 0 Å². The number of carbonyl (C=O) groups is 1. The molecule has 5 heteroatoms. The fourth-order valence-electron chi connectivity index (χ4n) is 3.54. The molecule has 0 aliphatic heterocycles. The van der Waals surface area contributed by atoms with Crippen LogP contribution in [0.5, 0.6) is 0 Å². The maximum Gasteiger partial charge on any atom is 0.306 e. The molecule has 0 heterocycles. The highest BCUT2D eigenvalue weighted by Crippen LogP contribution is 2.26. The minimum absolute atomic E-state index is 0.155. The minimum atomic E-state index is -0.643. The van der Waals surface area contributed by atoms with Gasteiger partial charge in [-0.15, -0.1) is 0 Å². The molecule has 2 rings (SSSR count). The van der Waals surface area contributed by atoms with Crippen molar-refractivity contribution in [3.8, 4) is 0 Å².